The number of amides is 1. The molecule has 0 aliphatic rings. The maximum absolute atomic E-state index is 12.0. The van der Waals surface area contributed by atoms with Gasteiger partial charge in [0.25, 0.3) is 5.91 Å². The number of benzene rings is 1. The molecule has 0 aliphatic carbocycles. The SMILES string of the molecule is Cc1cccc(C(=O)Nc2ccc(Br)nc2)c1O. The van der Waals surface area contributed by atoms with Gasteiger partial charge in [-0.1, -0.05) is 12.1 Å². The third-order valence-electron chi connectivity index (χ3n) is 2.47. The lowest BCUT2D eigenvalue weighted by Crippen LogP contribution is -2.12. The molecule has 2 N–H and O–H groups in total. The highest BCUT2D eigenvalue weighted by atomic mass is 79.9. The van der Waals surface area contributed by atoms with Gasteiger partial charge in [0.15, 0.2) is 0 Å². The number of halogens is 1. The number of anilines is 1. The molecule has 0 aliphatic heterocycles. The Morgan fingerprint density at radius 3 is 2.78 bits per heavy atom. The molecule has 0 saturated carbocycles. The van der Waals surface area contributed by atoms with Crippen LogP contribution in [-0.4, -0.2) is 16.0 Å². The van der Waals surface area contributed by atoms with E-state index in [0.717, 1.165) is 0 Å². The third-order valence-corrected chi connectivity index (χ3v) is 2.94. The second-order valence-electron chi connectivity index (χ2n) is 3.79. The molecule has 0 atom stereocenters. The van der Waals surface area contributed by atoms with Crippen molar-refractivity contribution in [3.8, 4) is 5.75 Å². The molecule has 0 bridgehead atoms. The Hall–Kier alpha value is -1.88. The first-order chi connectivity index (χ1) is 8.58. The highest BCUT2D eigenvalue weighted by Gasteiger charge is 2.12. The molecule has 92 valence electrons. The Balaban J connectivity index is 2.22. The van der Waals surface area contributed by atoms with Crippen LogP contribution in [0.1, 0.15) is 15.9 Å². The highest BCUT2D eigenvalue weighted by Crippen LogP contribution is 2.22. The van der Waals surface area contributed by atoms with E-state index in [-0.39, 0.29) is 17.2 Å². The summed E-state index contributed by atoms with van der Waals surface area (Å²) < 4.78 is 0.693. The third kappa shape index (κ3) is 2.68. The number of nitrogens with one attached hydrogen (secondary N) is 1. The number of nitrogens with zero attached hydrogens (tertiary/aromatic N) is 1. The van der Waals surface area contributed by atoms with Gasteiger partial charge in [0.2, 0.25) is 0 Å². The number of rotatable bonds is 2. The molecule has 1 amide bonds. The molecule has 0 spiro atoms. The number of pyridine rings is 1. The Morgan fingerprint density at radius 2 is 2.11 bits per heavy atom. The molecular formula is C13H11BrN2O2. The van der Waals surface area contributed by atoms with Crippen LogP contribution in [0.15, 0.2) is 41.1 Å². The largest absolute Gasteiger partial charge is 0.507 e. The first-order valence-corrected chi connectivity index (χ1v) is 6.08. The van der Waals surface area contributed by atoms with Crippen molar-refractivity contribution in [3.05, 3.63) is 52.3 Å². The summed E-state index contributed by atoms with van der Waals surface area (Å²) in [4.78, 5) is 16.0. The minimum absolute atomic E-state index is 0.0000656. The number of aromatic hydroxyl groups is 1. The number of phenolic OH excluding ortho intramolecular Hbond substituents is 1. The molecule has 1 aromatic carbocycles. The van der Waals surface area contributed by atoms with Crippen LogP contribution < -0.4 is 5.32 Å². The number of aryl methyl sites for hydroxylation is 1. The van der Waals surface area contributed by atoms with Crippen LogP contribution in [-0.2, 0) is 0 Å². The van der Waals surface area contributed by atoms with Crippen molar-refractivity contribution in [2.75, 3.05) is 5.32 Å². The van der Waals surface area contributed by atoms with Crippen LogP contribution in [0, 0.1) is 6.92 Å². The van der Waals surface area contributed by atoms with Crippen molar-refractivity contribution < 1.29 is 9.90 Å². The molecule has 4 nitrogen and oxygen atoms in total. The van der Waals surface area contributed by atoms with E-state index in [1.54, 1.807) is 37.3 Å². The minimum Gasteiger partial charge on any atom is -0.507 e. The van der Waals surface area contributed by atoms with E-state index >= 15 is 0 Å². The van der Waals surface area contributed by atoms with Crippen LogP contribution in [0.4, 0.5) is 5.69 Å². The number of hydrogen-bond donors (Lipinski definition) is 2. The van der Waals surface area contributed by atoms with Gasteiger partial charge >= 0.3 is 0 Å². The Kier molecular flexibility index (Phi) is 3.62. The van der Waals surface area contributed by atoms with Crippen LogP contribution >= 0.6 is 15.9 Å². The minimum atomic E-state index is -0.361. The number of hydrogen-bond acceptors (Lipinski definition) is 3. The van der Waals surface area contributed by atoms with Gasteiger partial charge in [-0.25, -0.2) is 4.98 Å². The number of carbonyl (C=O) groups is 1. The topological polar surface area (TPSA) is 62.2 Å². The molecule has 2 aromatic rings. The summed E-state index contributed by atoms with van der Waals surface area (Å²) >= 11 is 3.21. The fraction of sp³-hybridized carbons (Fsp3) is 0.0769. The predicted molar refractivity (Wildman–Crippen MR) is 72.7 cm³/mol. The predicted octanol–water partition coefficient (Wildman–Crippen LogP) is 3.11. The summed E-state index contributed by atoms with van der Waals surface area (Å²) in [6, 6.07) is 8.49. The van der Waals surface area contributed by atoms with Gasteiger partial charge in [0, 0.05) is 0 Å². The van der Waals surface area contributed by atoms with Gasteiger partial charge in [0.05, 0.1) is 17.4 Å². The zero-order valence-corrected chi connectivity index (χ0v) is 11.2. The monoisotopic (exact) mass is 306 g/mol. The Morgan fingerprint density at radius 1 is 1.33 bits per heavy atom. The molecule has 2 rings (SSSR count). The van der Waals surface area contributed by atoms with Crippen LogP contribution in [0.5, 0.6) is 5.75 Å². The molecule has 0 fully saturated rings. The molecule has 1 aromatic heterocycles. The molecule has 0 unspecified atom stereocenters. The fourth-order valence-electron chi connectivity index (χ4n) is 1.49. The summed E-state index contributed by atoms with van der Waals surface area (Å²) in [5.74, 6) is -0.361. The number of aromatic nitrogens is 1. The normalized spacial score (nSPS) is 10.1. The summed E-state index contributed by atoms with van der Waals surface area (Å²) in [6.45, 7) is 1.74. The Bertz CT molecular complexity index is 582. The second-order valence-corrected chi connectivity index (χ2v) is 4.61. The molecule has 18 heavy (non-hydrogen) atoms. The number of carbonyl (C=O) groups excluding carboxylic acids is 1. The molecule has 1 heterocycles. The molecule has 0 saturated heterocycles. The van der Waals surface area contributed by atoms with Crippen molar-refractivity contribution >= 4 is 27.5 Å². The maximum atomic E-state index is 12.0. The zero-order valence-electron chi connectivity index (χ0n) is 9.64. The van der Waals surface area contributed by atoms with Crippen LogP contribution in [0.25, 0.3) is 0 Å². The van der Waals surface area contributed by atoms with Crippen molar-refractivity contribution in [1.29, 1.82) is 0 Å². The van der Waals surface area contributed by atoms with E-state index in [9.17, 15) is 9.90 Å². The standard InChI is InChI=1S/C13H11BrN2O2/c1-8-3-2-4-10(12(8)17)13(18)16-9-5-6-11(14)15-7-9/h2-7,17H,1H3,(H,16,18). The van der Waals surface area contributed by atoms with E-state index in [0.29, 0.717) is 15.9 Å². The van der Waals surface area contributed by atoms with Gasteiger partial charge in [-0.3, -0.25) is 4.79 Å². The van der Waals surface area contributed by atoms with E-state index in [2.05, 4.69) is 26.2 Å². The highest BCUT2D eigenvalue weighted by molar-refractivity contribution is 9.10. The average Bonchev–Trinajstić information content (AvgIpc) is 2.35. The first kappa shape index (κ1) is 12.6. The average molecular weight is 307 g/mol. The lowest BCUT2D eigenvalue weighted by molar-refractivity contribution is 0.102. The quantitative estimate of drug-likeness (QED) is 0.838. The molecular weight excluding hydrogens is 296 g/mol. The lowest BCUT2D eigenvalue weighted by Gasteiger charge is -2.08. The van der Waals surface area contributed by atoms with Gasteiger partial charge in [-0.05, 0) is 46.6 Å². The first-order valence-electron chi connectivity index (χ1n) is 5.29. The van der Waals surface area contributed by atoms with Crippen molar-refractivity contribution in [3.63, 3.8) is 0 Å². The van der Waals surface area contributed by atoms with Crippen molar-refractivity contribution in [2.45, 2.75) is 6.92 Å². The smallest absolute Gasteiger partial charge is 0.259 e. The van der Waals surface area contributed by atoms with Gasteiger partial charge < -0.3 is 10.4 Å². The van der Waals surface area contributed by atoms with E-state index in [4.69, 9.17) is 0 Å². The summed E-state index contributed by atoms with van der Waals surface area (Å²) in [6.07, 6.45) is 1.54. The summed E-state index contributed by atoms with van der Waals surface area (Å²) in [7, 11) is 0. The lowest BCUT2D eigenvalue weighted by atomic mass is 10.1. The number of phenols is 1. The van der Waals surface area contributed by atoms with E-state index in [1.165, 1.54) is 6.20 Å². The van der Waals surface area contributed by atoms with Gasteiger partial charge in [-0.15, -0.1) is 0 Å². The Labute approximate surface area is 113 Å². The van der Waals surface area contributed by atoms with Crippen molar-refractivity contribution in [2.24, 2.45) is 0 Å². The van der Waals surface area contributed by atoms with Crippen molar-refractivity contribution in [1.82, 2.24) is 4.98 Å². The fourth-order valence-corrected chi connectivity index (χ4v) is 1.72. The van der Waals surface area contributed by atoms with E-state index < -0.39 is 0 Å². The summed E-state index contributed by atoms with van der Waals surface area (Å²) in [5, 5.41) is 12.5. The maximum Gasteiger partial charge on any atom is 0.259 e. The number of para-hydroxylation sites is 1. The summed E-state index contributed by atoms with van der Waals surface area (Å²) in [5.41, 5.74) is 1.48. The van der Waals surface area contributed by atoms with Gasteiger partial charge in [-0.2, -0.15) is 0 Å². The van der Waals surface area contributed by atoms with Gasteiger partial charge in [0.1, 0.15) is 10.4 Å². The van der Waals surface area contributed by atoms with E-state index in [1.807, 2.05) is 0 Å². The van der Waals surface area contributed by atoms with Crippen LogP contribution in [0.3, 0.4) is 0 Å². The molecule has 0 radical (unpaired) electrons. The molecule has 5 heteroatoms. The van der Waals surface area contributed by atoms with Crippen LogP contribution in [0.2, 0.25) is 0 Å². The zero-order chi connectivity index (χ0) is 13.1. The second kappa shape index (κ2) is 5.18.